The maximum Gasteiger partial charge on any atom is -0.0193 e. The monoisotopic (exact) mass is 198 g/mol. The molecular weight excluding hydrogens is 180 g/mol. The van der Waals surface area contributed by atoms with Crippen LogP contribution in [-0.4, -0.2) is 0 Å². The van der Waals surface area contributed by atoms with E-state index in [1.165, 1.54) is 44.1 Å². The largest absolute Gasteiger partial charge is 0.0661 e. The highest BCUT2D eigenvalue weighted by Gasteiger charge is 2.20. The van der Waals surface area contributed by atoms with Gasteiger partial charge in [0.25, 0.3) is 0 Å². The molecule has 0 heteroatoms. The van der Waals surface area contributed by atoms with Crippen molar-refractivity contribution >= 4 is 5.57 Å². The van der Waals surface area contributed by atoms with E-state index in [0.717, 1.165) is 0 Å². The van der Waals surface area contributed by atoms with Crippen molar-refractivity contribution in [3.63, 3.8) is 0 Å². The summed E-state index contributed by atoms with van der Waals surface area (Å²) < 4.78 is 0. The van der Waals surface area contributed by atoms with Crippen molar-refractivity contribution in [2.45, 2.75) is 45.4 Å². The third-order valence-electron chi connectivity index (χ3n) is 3.86. The Morgan fingerprint density at radius 3 is 2.73 bits per heavy atom. The number of aryl methyl sites for hydroxylation is 2. The summed E-state index contributed by atoms with van der Waals surface area (Å²) in [6.07, 6.45) is 8.10. The lowest BCUT2D eigenvalue weighted by atomic mass is 9.78. The summed E-state index contributed by atoms with van der Waals surface area (Å²) in [5.74, 6) is 0. The molecule has 0 aromatic heterocycles. The fourth-order valence-corrected chi connectivity index (χ4v) is 3.08. The SMILES string of the molecule is Cc1ccc2c(c1)CCC1=C2CCCC1. The van der Waals surface area contributed by atoms with Gasteiger partial charge in [-0.05, 0) is 62.1 Å². The van der Waals surface area contributed by atoms with E-state index in [1.54, 1.807) is 22.3 Å². The van der Waals surface area contributed by atoms with E-state index < -0.39 is 0 Å². The van der Waals surface area contributed by atoms with Crippen LogP contribution in [0.2, 0.25) is 0 Å². The van der Waals surface area contributed by atoms with E-state index in [0.29, 0.717) is 0 Å². The predicted octanol–water partition coefficient (Wildman–Crippen LogP) is 4.27. The first kappa shape index (κ1) is 9.21. The number of rotatable bonds is 0. The van der Waals surface area contributed by atoms with Crippen molar-refractivity contribution in [2.24, 2.45) is 0 Å². The van der Waals surface area contributed by atoms with Gasteiger partial charge in [0.05, 0.1) is 0 Å². The summed E-state index contributed by atoms with van der Waals surface area (Å²) >= 11 is 0. The Morgan fingerprint density at radius 1 is 0.933 bits per heavy atom. The van der Waals surface area contributed by atoms with E-state index in [4.69, 9.17) is 0 Å². The Hall–Kier alpha value is -1.04. The topological polar surface area (TPSA) is 0 Å². The van der Waals surface area contributed by atoms with Gasteiger partial charge in [-0.1, -0.05) is 29.3 Å². The van der Waals surface area contributed by atoms with Crippen molar-refractivity contribution in [3.8, 4) is 0 Å². The van der Waals surface area contributed by atoms with Crippen LogP contribution >= 0.6 is 0 Å². The molecule has 15 heavy (non-hydrogen) atoms. The molecular formula is C15H18. The molecule has 0 saturated carbocycles. The highest BCUT2D eigenvalue weighted by molar-refractivity contribution is 5.74. The normalized spacial score (nSPS) is 19.8. The van der Waals surface area contributed by atoms with Crippen LogP contribution in [0, 0.1) is 6.92 Å². The van der Waals surface area contributed by atoms with Gasteiger partial charge >= 0.3 is 0 Å². The van der Waals surface area contributed by atoms with Gasteiger partial charge in [-0.3, -0.25) is 0 Å². The third-order valence-corrected chi connectivity index (χ3v) is 3.86. The van der Waals surface area contributed by atoms with Gasteiger partial charge in [0.15, 0.2) is 0 Å². The molecule has 0 nitrogen and oxygen atoms in total. The molecule has 2 aliphatic rings. The molecule has 1 aromatic rings. The Balaban J connectivity index is 2.12. The summed E-state index contributed by atoms with van der Waals surface area (Å²) in [7, 11) is 0. The quantitative estimate of drug-likeness (QED) is 0.584. The average Bonchev–Trinajstić information content (AvgIpc) is 2.28. The van der Waals surface area contributed by atoms with Crippen molar-refractivity contribution < 1.29 is 0 Å². The Bertz CT molecular complexity index is 424. The first-order valence-electron chi connectivity index (χ1n) is 6.15. The summed E-state index contributed by atoms with van der Waals surface area (Å²) in [5, 5.41) is 0. The van der Waals surface area contributed by atoms with Gasteiger partial charge in [0, 0.05) is 0 Å². The zero-order valence-corrected chi connectivity index (χ0v) is 9.47. The molecule has 0 N–H and O–H groups in total. The van der Waals surface area contributed by atoms with Gasteiger partial charge in [-0.25, -0.2) is 0 Å². The van der Waals surface area contributed by atoms with E-state index in [1.807, 2.05) is 0 Å². The van der Waals surface area contributed by atoms with E-state index >= 15 is 0 Å². The summed E-state index contributed by atoms with van der Waals surface area (Å²) in [5.41, 5.74) is 8.03. The number of hydrogen-bond donors (Lipinski definition) is 0. The molecule has 0 unspecified atom stereocenters. The molecule has 2 aliphatic carbocycles. The van der Waals surface area contributed by atoms with E-state index in [2.05, 4.69) is 25.1 Å². The highest BCUT2D eigenvalue weighted by atomic mass is 14.3. The van der Waals surface area contributed by atoms with E-state index in [-0.39, 0.29) is 0 Å². The number of benzene rings is 1. The molecule has 3 rings (SSSR count). The molecule has 78 valence electrons. The fourth-order valence-electron chi connectivity index (χ4n) is 3.08. The summed E-state index contributed by atoms with van der Waals surface area (Å²) in [6, 6.07) is 7.00. The minimum Gasteiger partial charge on any atom is -0.0661 e. The van der Waals surface area contributed by atoms with Crippen LogP contribution in [-0.2, 0) is 6.42 Å². The lowest BCUT2D eigenvalue weighted by Crippen LogP contribution is -2.08. The van der Waals surface area contributed by atoms with E-state index in [9.17, 15) is 0 Å². The minimum absolute atomic E-state index is 1.27. The molecule has 0 saturated heterocycles. The Kier molecular flexibility index (Phi) is 2.16. The van der Waals surface area contributed by atoms with Crippen LogP contribution in [0.3, 0.4) is 0 Å². The van der Waals surface area contributed by atoms with Crippen molar-refractivity contribution in [1.29, 1.82) is 0 Å². The minimum atomic E-state index is 1.27. The Morgan fingerprint density at radius 2 is 1.80 bits per heavy atom. The zero-order valence-electron chi connectivity index (χ0n) is 9.47. The maximum absolute atomic E-state index is 2.38. The lowest BCUT2D eigenvalue weighted by molar-refractivity contribution is 0.675. The second-order valence-electron chi connectivity index (χ2n) is 4.95. The van der Waals surface area contributed by atoms with Gasteiger partial charge in [0.2, 0.25) is 0 Å². The van der Waals surface area contributed by atoms with Crippen molar-refractivity contribution in [1.82, 2.24) is 0 Å². The average molecular weight is 198 g/mol. The maximum atomic E-state index is 2.38. The van der Waals surface area contributed by atoms with Crippen LogP contribution in [0.25, 0.3) is 5.57 Å². The number of fused-ring (bicyclic) bond motifs is 2. The summed E-state index contributed by atoms with van der Waals surface area (Å²) in [6.45, 7) is 2.20. The number of hydrogen-bond acceptors (Lipinski definition) is 0. The molecule has 0 radical (unpaired) electrons. The first-order chi connectivity index (χ1) is 7.34. The summed E-state index contributed by atoms with van der Waals surface area (Å²) in [4.78, 5) is 0. The molecule has 0 bridgehead atoms. The van der Waals surface area contributed by atoms with Crippen molar-refractivity contribution in [2.75, 3.05) is 0 Å². The van der Waals surface area contributed by atoms with Gasteiger partial charge < -0.3 is 0 Å². The zero-order chi connectivity index (χ0) is 10.3. The van der Waals surface area contributed by atoms with Crippen LogP contribution in [0.5, 0.6) is 0 Å². The fraction of sp³-hybridized carbons (Fsp3) is 0.467. The first-order valence-corrected chi connectivity index (χ1v) is 6.15. The van der Waals surface area contributed by atoms with Gasteiger partial charge in [0.1, 0.15) is 0 Å². The standard InChI is InChI=1S/C15H18/c1-11-6-9-15-13(10-11)8-7-12-4-2-3-5-14(12)15/h6,9-10H,2-5,7-8H2,1H3. The lowest BCUT2D eigenvalue weighted by Gasteiger charge is -2.27. The molecule has 0 fully saturated rings. The van der Waals surface area contributed by atoms with Gasteiger partial charge in [-0.15, -0.1) is 0 Å². The molecule has 0 aliphatic heterocycles. The number of allylic oxidation sites excluding steroid dienone is 2. The second kappa shape index (κ2) is 3.52. The highest BCUT2D eigenvalue weighted by Crippen LogP contribution is 2.40. The predicted molar refractivity (Wildman–Crippen MR) is 64.9 cm³/mol. The smallest absolute Gasteiger partial charge is 0.0193 e. The molecule has 0 spiro atoms. The molecule has 0 heterocycles. The van der Waals surface area contributed by atoms with Crippen LogP contribution < -0.4 is 0 Å². The Labute approximate surface area is 92.0 Å². The van der Waals surface area contributed by atoms with Gasteiger partial charge in [-0.2, -0.15) is 0 Å². The van der Waals surface area contributed by atoms with Crippen LogP contribution in [0.4, 0.5) is 0 Å². The molecule has 1 aromatic carbocycles. The molecule has 0 atom stereocenters. The third kappa shape index (κ3) is 1.52. The van der Waals surface area contributed by atoms with Crippen LogP contribution in [0.15, 0.2) is 23.8 Å². The second-order valence-corrected chi connectivity index (χ2v) is 4.95. The van der Waals surface area contributed by atoms with Crippen molar-refractivity contribution in [3.05, 3.63) is 40.5 Å². The van der Waals surface area contributed by atoms with Crippen LogP contribution in [0.1, 0.15) is 48.8 Å². The molecule has 0 amide bonds.